The number of carboxylic acid groups (broad SMARTS) is 2. The molecular weight excluding hydrogens is 244 g/mol. The lowest BCUT2D eigenvalue weighted by atomic mass is 9.89. The molecule has 1 unspecified atom stereocenters. The van der Waals surface area contributed by atoms with Gasteiger partial charge in [0.05, 0.1) is 0 Å². The van der Waals surface area contributed by atoms with Gasteiger partial charge in [-0.25, -0.2) is 9.59 Å². The lowest BCUT2D eigenvalue weighted by Gasteiger charge is -2.26. The highest BCUT2D eigenvalue weighted by atomic mass is 16.4. The lowest BCUT2D eigenvalue weighted by Crippen LogP contribution is -2.54. The smallest absolute Gasteiger partial charge is 0.339 e. The molecule has 7 nitrogen and oxygen atoms in total. The molecule has 0 aliphatic rings. The summed E-state index contributed by atoms with van der Waals surface area (Å²) in [5.74, 6) is -3.74. The third-order valence-corrected chi connectivity index (χ3v) is 2.47. The minimum Gasteiger partial charge on any atom is -0.508 e. The van der Waals surface area contributed by atoms with Crippen molar-refractivity contribution in [3.8, 4) is 5.75 Å². The minimum absolute atomic E-state index is 0.0589. The van der Waals surface area contributed by atoms with Crippen molar-refractivity contribution in [3.63, 3.8) is 0 Å². The maximum absolute atomic E-state index is 10.9. The van der Waals surface area contributed by atoms with Gasteiger partial charge in [0, 0.05) is 6.42 Å². The molecule has 0 heterocycles. The number of hydrogen-bond donors (Lipinski definition) is 5. The maximum atomic E-state index is 10.9. The van der Waals surface area contributed by atoms with Crippen molar-refractivity contribution >= 4 is 11.9 Å². The first-order chi connectivity index (χ1) is 8.27. The van der Waals surface area contributed by atoms with Crippen LogP contribution in [0.4, 0.5) is 0 Å². The Morgan fingerprint density at radius 3 is 2.06 bits per heavy atom. The Kier molecular flexibility index (Phi) is 3.89. The molecule has 0 spiro atoms. The quantitative estimate of drug-likeness (QED) is 0.465. The molecule has 1 aromatic carbocycles. The van der Waals surface area contributed by atoms with Crippen LogP contribution >= 0.6 is 0 Å². The number of carboxylic acids is 2. The van der Waals surface area contributed by atoms with E-state index in [1.165, 1.54) is 24.3 Å². The third kappa shape index (κ3) is 2.76. The lowest BCUT2D eigenvalue weighted by molar-refractivity contribution is -0.183. The van der Waals surface area contributed by atoms with E-state index in [1.807, 2.05) is 0 Å². The number of aliphatic hydroxyl groups is 2. The van der Waals surface area contributed by atoms with Crippen molar-refractivity contribution in [2.24, 2.45) is 0 Å². The summed E-state index contributed by atoms with van der Waals surface area (Å²) in [4.78, 5) is 21.5. The third-order valence-electron chi connectivity index (χ3n) is 2.47. The van der Waals surface area contributed by atoms with Gasteiger partial charge in [0.15, 0.2) is 6.10 Å². The fraction of sp³-hybridized carbons (Fsp3) is 0.273. The van der Waals surface area contributed by atoms with E-state index < -0.39 is 30.1 Å². The van der Waals surface area contributed by atoms with Crippen LogP contribution < -0.4 is 0 Å². The van der Waals surface area contributed by atoms with Crippen LogP contribution in [0.1, 0.15) is 5.56 Å². The minimum atomic E-state index is -2.83. The zero-order chi connectivity index (χ0) is 13.9. The zero-order valence-corrected chi connectivity index (χ0v) is 9.15. The molecule has 7 heteroatoms. The SMILES string of the molecule is O=C(O)[C@H](O)C(O)(Cc1ccc(O)cc1)C(=O)O. The number of phenols is 1. The predicted molar refractivity (Wildman–Crippen MR) is 58.0 cm³/mol. The molecule has 0 aromatic heterocycles. The van der Waals surface area contributed by atoms with Gasteiger partial charge in [0.25, 0.3) is 0 Å². The molecule has 98 valence electrons. The molecule has 1 rings (SSSR count). The molecule has 0 radical (unpaired) electrons. The molecule has 2 atom stereocenters. The number of hydrogen-bond acceptors (Lipinski definition) is 5. The van der Waals surface area contributed by atoms with Crippen LogP contribution in [0.15, 0.2) is 24.3 Å². The average molecular weight is 256 g/mol. The molecule has 18 heavy (non-hydrogen) atoms. The monoisotopic (exact) mass is 256 g/mol. The first-order valence-electron chi connectivity index (χ1n) is 4.92. The molecule has 0 aliphatic heterocycles. The van der Waals surface area contributed by atoms with Crippen molar-refractivity contribution in [2.75, 3.05) is 0 Å². The Labute approximate surface area is 102 Å². The molecule has 1 aromatic rings. The Balaban J connectivity index is 3.03. The van der Waals surface area contributed by atoms with E-state index in [2.05, 4.69) is 0 Å². The first kappa shape index (κ1) is 13.9. The van der Waals surface area contributed by atoms with Gasteiger partial charge in [-0.15, -0.1) is 0 Å². The normalized spacial score (nSPS) is 15.7. The van der Waals surface area contributed by atoms with Gasteiger partial charge in [-0.05, 0) is 17.7 Å². The average Bonchev–Trinajstić information content (AvgIpc) is 2.30. The summed E-state index contributed by atoms with van der Waals surface area (Å²) in [6.45, 7) is 0. The van der Waals surface area contributed by atoms with Crippen LogP contribution in [0.3, 0.4) is 0 Å². The molecule has 0 aliphatic carbocycles. The molecule has 0 saturated carbocycles. The second-order valence-electron chi connectivity index (χ2n) is 3.81. The Morgan fingerprint density at radius 1 is 1.17 bits per heavy atom. The highest BCUT2D eigenvalue weighted by molar-refractivity contribution is 5.87. The van der Waals surface area contributed by atoms with Gasteiger partial charge in [-0.3, -0.25) is 0 Å². The van der Waals surface area contributed by atoms with Gasteiger partial charge >= 0.3 is 11.9 Å². The van der Waals surface area contributed by atoms with E-state index in [-0.39, 0.29) is 11.3 Å². The van der Waals surface area contributed by atoms with E-state index >= 15 is 0 Å². The van der Waals surface area contributed by atoms with Crippen molar-refractivity contribution in [1.82, 2.24) is 0 Å². The van der Waals surface area contributed by atoms with Crippen molar-refractivity contribution in [2.45, 2.75) is 18.1 Å². The largest absolute Gasteiger partial charge is 0.508 e. The number of aliphatic carboxylic acids is 2. The first-order valence-corrected chi connectivity index (χ1v) is 4.92. The number of rotatable bonds is 5. The van der Waals surface area contributed by atoms with Crippen molar-refractivity contribution in [1.29, 1.82) is 0 Å². The highest BCUT2D eigenvalue weighted by Crippen LogP contribution is 2.20. The number of benzene rings is 1. The van der Waals surface area contributed by atoms with E-state index in [4.69, 9.17) is 15.3 Å². The Morgan fingerprint density at radius 2 is 1.67 bits per heavy atom. The van der Waals surface area contributed by atoms with Gasteiger partial charge in [-0.2, -0.15) is 0 Å². The fourth-order valence-electron chi connectivity index (χ4n) is 1.42. The van der Waals surface area contributed by atoms with Crippen LogP contribution in [0.5, 0.6) is 5.75 Å². The van der Waals surface area contributed by atoms with Crippen LogP contribution in [-0.4, -0.2) is 49.2 Å². The molecule has 0 amide bonds. The molecule has 0 fully saturated rings. The van der Waals surface area contributed by atoms with Crippen LogP contribution in [-0.2, 0) is 16.0 Å². The highest BCUT2D eigenvalue weighted by Gasteiger charge is 2.47. The second-order valence-corrected chi connectivity index (χ2v) is 3.81. The van der Waals surface area contributed by atoms with E-state index in [0.29, 0.717) is 0 Å². The Bertz CT molecular complexity index is 453. The van der Waals surface area contributed by atoms with Crippen LogP contribution in [0, 0.1) is 0 Å². The van der Waals surface area contributed by atoms with Gasteiger partial charge < -0.3 is 25.5 Å². The predicted octanol–water partition coefficient (Wildman–Crippen LogP) is -0.804. The van der Waals surface area contributed by atoms with Gasteiger partial charge in [0.2, 0.25) is 5.60 Å². The standard InChI is InChI=1S/C11H12O7/c12-7-3-1-6(2-4-7)5-11(18,10(16)17)8(13)9(14)15/h1-4,8,12-13,18H,5H2,(H,14,15)(H,16,17)/t8-,11?/m0/s1. The zero-order valence-electron chi connectivity index (χ0n) is 9.15. The van der Waals surface area contributed by atoms with Crippen LogP contribution in [0.2, 0.25) is 0 Å². The van der Waals surface area contributed by atoms with Gasteiger partial charge in [0.1, 0.15) is 5.75 Å². The number of carbonyl (C=O) groups is 2. The van der Waals surface area contributed by atoms with Crippen molar-refractivity contribution < 1.29 is 35.1 Å². The maximum Gasteiger partial charge on any atom is 0.339 e. The van der Waals surface area contributed by atoms with E-state index in [1.54, 1.807) is 0 Å². The second kappa shape index (κ2) is 5.03. The summed E-state index contributed by atoms with van der Waals surface area (Å²) < 4.78 is 0. The summed E-state index contributed by atoms with van der Waals surface area (Å²) in [6.07, 6.45) is -3.06. The summed E-state index contributed by atoms with van der Waals surface area (Å²) >= 11 is 0. The fourth-order valence-corrected chi connectivity index (χ4v) is 1.42. The van der Waals surface area contributed by atoms with Crippen LogP contribution in [0.25, 0.3) is 0 Å². The summed E-state index contributed by atoms with van der Waals surface area (Å²) in [5, 5.41) is 45.5. The molecule has 0 bridgehead atoms. The number of phenolic OH excluding ortho intramolecular Hbond substituents is 1. The summed E-state index contributed by atoms with van der Waals surface area (Å²) in [7, 11) is 0. The topological polar surface area (TPSA) is 135 Å². The summed E-state index contributed by atoms with van der Waals surface area (Å²) in [5.41, 5.74) is -2.57. The molecule has 0 saturated heterocycles. The van der Waals surface area contributed by atoms with Gasteiger partial charge in [-0.1, -0.05) is 12.1 Å². The number of aliphatic hydroxyl groups excluding tert-OH is 1. The van der Waals surface area contributed by atoms with Crippen molar-refractivity contribution in [3.05, 3.63) is 29.8 Å². The summed E-state index contributed by atoms with van der Waals surface area (Å²) in [6, 6.07) is 5.14. The van der Waals surface area contributed by atoms with E-state index in [9.17, 15) is 19.8 Å². The molecule has 5 N–H and O–H groups in total. The Hall–Kier alpha value is -2.12. The van der Waals surface area contributed by atoms with E-state index in [0.717, 1.165) is 0 Å². The molecular formula is C11H12O7. The number of aromatic hydroxyl groups is 1.